The van der Waals surface area contributed by atoms with Gasteiger partial charge in [0, 0.05) is 0 Å². The molecule has 0 aliphatic rings. The van der Waals surface area contributed by atoms with Gasteiger partial charge in [-0.25, -0.2) is 0 Å². The van der Waals surface area contributed by atoms with E-state index in [0.717, 1.165) is 0 Å². The van der Waals surface area contributed by atoms with Gasteiger partial charge in [0.25, 0.3) is 0 Å². The summed E-state index contributed by atoms with van der Waals surface area (Å²) in [5.41, 5.74) is 5.14. The lowest BCUT2D eigenvalue weighted by atomic mass is 9.89. The van der Waals surface area contributed by atoms with Crippen molar-refractivity contribution in [1.82, 2.24) is 0 Å². The average Bonchev–Trinajstić information content (AvgIpc) is 2.98. The third kappa shape index (κ3) is 3.24. The lowest BCUT2D eigenvalue weighted by Crippen LogP contribution is -1.88. The van der Waals surface area contributed by atoms with Crippen LogP contribution in [0.25, 0.3) is 76.1 Å². The normalized spacial score (nSPS) is 11.7. The minimum Gasteiger partial charge on any atom is -0.0616 e. The molecule has 0 N–H and O–H groups in total. The summed E-state index contributed by atoms with van der Waals surface area (Å²) in [7, 11) is 0. The quantitative estimate of drug-likeness (QED) is 0.216. The molecule has 8 aromatic rings. The van der Waals surface area contributed by atoms with Gasteiger partial charge in [-0.2, -0.15) is 0 Å². The van der Waals surface area contributed by atoms with Crippen molar-refractivity contribution in [3.63, 3.8) is 0 Å². The maximum atomic E-state index is 2.36. The highest BCUT2D eigenvalue weighted by atomic mass is 14.2. The molecule has 8 rings (SSSR count). The van der Waals surface area contributed by atoms with Crippen molar-refractivity contribution >= 4 is 53.9 Å². The Morgan fingerprint density at radius 3 is 0.895 bits per heavy atom. The number of hydrogen-bond donors (Lipinski definition) is 0. The van der Waals surface area contributed by atoms with Crippen LogP contribution in [0.2, 0.25) is 0 Å². The molecule has 0 radical (unpaired) electrons. The summed E-state index contributed by atoms with van der Waals surface area (Å²) in [6.07, 6.45) is 0. The predicted octanol–water partition coefficient (Wildman–Crippen LogP) is 10.8. The second-order valence-corrected chi connectivity index (χ2v) is 10.2. The largest absolute Gasteiger partial charge is 0.0616 e. The molecule has 38 heavy (non-hydrogen) atoms. The zero-order valence-electron chi connectivity index (χ0n) is 20.9. The maximum Gasteiger partial charge on any atom is -0.00266 e. The van der Waals surface area contributed by atoms with Gasteiger partial charge in [0.1, 0.15) is 0 Å². The van der Waals surface area contributed by atoms with Crippen LogP contribution in [0, 0.1) is 0 Å². The van der Waals surface area contributed by atoms with Crippen molar-refractivity contribution < 1.29 is 0 Å². The molecule has 0 aliphatic heterocycles. The van der Waals surface area contributed by atoms with E-state index < -0.39 is 0 Å². The smallest absolute Gasteiger partial charge is 0.00266 e. The Morgan fingerprint density at radius 1 is 0.237 bits per heavy atom. The number of fused-ring (bicyclic) bond motifs is 5. The van der Waals surface area contributed by atoms with Gasteiger partial charge < -0.3 is 0 Å². The third-order valence-electron chi connectivity index (χ3n) is 7.96. The van der Waals surface area contributed by atoms with Crippen molar-refractivity contribution in [3.8, 4) is 22.3 Å². The minimum absolute atomic E-state index is 1.26. The van der Waals surface area contributed by atoms with Crippen molar-refractivity contribution in [2.75, 3.05) is 0 Å². The third-order valence-corrected chi connectivity index (χ3v) is 7.96. The zero-order chi connectivity index (χ0) is 25.1. The van der Waals surface area contributed by atoms with E-state index in [9.17, 15) is 0 Å². The van der Waals surface area contributed by atoms with Crippen LogP contribution in [0.15, 0.2) is 146 Å². The Hall–Kier alpha value is -4.94. The molecule has 8 aromatic carbocycles. The van der Waals surface area contributed by atoms with Gasteiger partial charge in [0.05, 0.1) is 0 Å². The Labute approximate surface area is 221 Å². The topological polar surface area (TPSA) is 0 Å². The van der Waals surface area contributed by atoms with Crippen LogP contribution in [-0.4, -0.2) is 0 Å². The highest BCUT2D eigenvalue weighted by Crippen LogP contribution is 2.40. The van der Waals surface area contributed by atoms with Crippen LogP contribution in [-0.2, 0) is 0 Å². The first-order valence-corrected chi connectivity index (χ1v) is 13.2. The lowest BCUT2D eigenvalue weighted by molar-refractivity contribution is 1.68. The summed E-state index contributed by atoms with van der Waals surface area (Å²) < 4.78 is 0. The first-order chi connectivity index (χ1) is 18.8. The predicted molar refractivity (Wildman–Crippen MR) is 165 cm³/mol. The fourth-order valence-corrected chi connectivity index (χ4v) is 6.21. The second kappa shape index (κ2) is 8.30. The van der Waals surface area contributed by atoms with Gasteiger partial charge in [-0.05, 0) is 100 Å². The molecular formula is C38H24. The molecule has 0 unspecified atom stereocenters. The molecule has 0 bridgehead atoms. The van der Waals surface area contributed by atoms with Gasteiger partial charge in [-0.3, -0.25) is 0 Å². The van der Waals surface area contributed by atoms with Gasteiger partial charge >= 0.3 is 0 Å². The second-order valence-electron chi connectivity index (χ2n) is 10.2. The zero-order valence-corrected chi connectivity index (χ0v) is 20.9. The number of rotatable bonds is 2. The lowest BCUT2D eigenvalue weighted by Gasteiger charge is -2.14. The Kier molecular flexibility index (Phi) is 4.62. The molecule has 0 aromatic heterocycles. The van der Waals surface area contributed by atoms with Gasteiger partial charge in [-0.1, -0.05) is 121 Å². The van der Waals surface area contributed by atoms with E-state index in [4.69, 9.17) is 0 Å². The standard InChI is InChI=1S/C38H24/c1-5-13-33-27(9-1)23-28-10-2-6-14-34(28)37(33)31-19-17-26-22-32(20-18-25(26)21-31)38-35-15-7-3-11-29(35)24-30-12-4-8-16-36(30)38/h1-24H. The summed E-state index contributed by atoms with van der Waals surface area (Å²) in [5.74, 6) is 0. The van der Waals surface area contributed by atoms with Gasteiger partial charge in [-0.15, -0.1) is 0 Å². The Bertz CT molecular complexity index is 1920. The highest BCUT2D eigenvalue weighted by Gasteiger charge is 2.13. The Balaban J connectivity index is 1.36. The highest BCUT2D eigenvalue weighted by molar-refractivity contribution is 6.15. The minimum atomic E-state index is 1.26. The van der Waals surface area contributed by atoms with Gasteiger partial charge in [0.15, 0.2) is 0 Å². The summed E-state index contributed by atoms with van der Waals surface area (Å²) in [4.78, 5) is 0. The summed E-state index contributed by atoms with van der Waals surface area (Å²) in [6, 6.07) is 53.4. The van der Waals surface area contributed by atoms with Crippen LogP contribution in [0.3, 0.4) is 0 Å². The summed E-state index contributed by atoms with van der Waals surface area (Å²) in [5, 5.41) is 12.8. The molecular weight excluding hydrogens is 456 g/mol. The fraction of sp³-hybridized carbons (Fsp3) is 0. The van der Waals surface area contributed by atoms with E-state index in [0.29, 0.717) is 0 Å². The van der Waals surface area contributed by atoms with E-state index in [1.807, 2.05) is 0 Å². The van der Waals surface area contributed by atoms with E-state index in [1.54, 1.807) is 0 Å². The van der Waals surface area contributed by atoms with E-state index in [2.05, 4.69) is 146 Å². The van der Waals surface area contributed by atoms with E-state index >= 15 is 0 Å². The van der Waals surface area contributed by atoms with Crippen LogP contribution in [0.4, 0.5) is 0 Å². The first kappa shape index (κ1) is 21.2. The summed E-state index contributed by atoms with van der Waals surface area (Å²) >= 11 is 0. The van der Waals surface area contributed by atoms with Crippen LogP contribution in [0.5, 0.6) is 0 Å². The van der Waals surface area contributed by atoms with Crippen molar-refractivity contribution in [3.05, 3.63) is 146 Å². The van der Waals surface area contributed by atoms with Crippen LogP contribution in [0.1, 0.15) is 0 Å². The van der Waals surface area contributed by atoms with Crippen LogP contribution >= 0.6 is 0 Å². The first-order valence-electron chi connectivity index (χ1n) is 13.2. The molecule has 0 aliphatic carbocycles. The van der Waals surface area contributed by atoms with Crippen molar-refractivity contribution in [1.29, 1.82) is 0 Å². The molecule has 0 heterocycles. The van der Waals surface area contributed by atoms with Crippen LogP contribution < -0.4 is 0 Å². The Morgan fingerprint density at radius 2 is 0.553 bits per heavy atom. The van der Waals surface area contributed by atoms with Crippen molar-refractivity contribution in [2.24, 2.45) is 0 Å². The molecule has 0 spiro atoms. The molecule has 0 amide bonds. The molecule has 176 valence electrons. The monoisotopic (exact) mass is 480 g/mol. The van der Waals surface area contributed by atoms with E-state index in [-0.39, 0.29) is 0 Å². The maximum absolute atomic E-state index is 2.36. The SMILES string of the molecule is c1ccc2c(-c3ccc4cc(-c5c6ccccc6cc6ccccc56)ccc4c3)c3ccccc3cc2c1. The van der Waals surface area contributed by atoms with Crippen molar-refractivity contribution in [2.45, 2.75) is 0 Å². The number of hydrogen-bond acceptors (Lipinski definition) is 0. The molecule has 0 nitrogen and oxygen atoms in total. The number of benzene rings is 8. The molecule has 0 fully saturated rings. The molecule has 0 saturated heterocycles. The summed E-state index contributed by atoms with van der Waals surface area (Å²) in [6.45, 7) is 0. The van der Waals surface area contributed by atoms with Gasteiger partial charge in [0.2, 0.25) is 0 Å². The molecule has 0 saturated carbocycles. The molecule has 0 heteroatoms. The average molecular weight is 481 g/mol. The van der Waals surface area contributed by atoms with E-state index in [1.165, 1.54) is 76.1 Å². The fourth-order valence-electron chi connectivity index (χ4n) is 6.21. The molecule has 0 atom stereocenters.